The van der Waals surface area contributed by atoms with Crippen LogP contribution < -0.4 is 16.2 Å². The zero-order valence-corrected chi connectivity index (χ0v) is 18.0. The summed E-state index contributed by atoms with van der Waals surface area (Å²) in [5, 5.41) is 24.7. The molecule has 4 N–H and O–H groups in total. The second kappa shape index (κ2) is 8.81. The zero-order chi connectivity index (χ0) is 23.8. The van der Waals surface area contributed by atoms with Crippen LogP contribution in [0.1, 0.15) is 54.1 Å². The number of aromatic hydroxyl groups is 1. The molecule has 1 aromatic heterocycles. The molecule has 3 atom stereocenters. The van der Waals surface area contributed by atoms with E-state index in [0.717, 1.165) is 0 Å². The summed E-state index contributed by atoms with van der Waals surface area (Å²) >= 11 is 0. The van der Waals surface area contributed by atoms with Crippen LogP contribution in [0.2, 0.25) is 0 Å². The first-order valence-electron chi connectivity index (χ1n) is 10.7. The lowest BCUT2D eigenvalue weighted by Crippen LogP contribution is -2.48. The molecule has 1 aromatic carbocycles. The van der Waals surface area contributed by atoms with Crippen molar-refractivity contribution in [2.45, 2.75) is 50.3 Å². The first kappa shape index (κ1) is 22.7. The number of benzene rings is 1. The lowest BCUT2D eigenvalue weighted by atomic mass is 9.80. The molecule has 3 unspecified atom stereocenters. The van der Waals surface area contributed by atoms with E-state index < -0.39 is 46.3 Å². The van der Waals surface area contributed by atoms with Crippen molar-refractivity contribution in [1.82, 2.24) is 20.2 Å². The summed E-state index contributed by atoms with van der Waals surface area (Å²) in [6, 6.07) is 5.11. The number of nitrogens with one attached hydrogen (secondary N) is 2. The van der Waals surface area contributed by atoms with Gasteiger partial charge in [-0.05, 0) is 37.0 Å². The van der Waals surface area contributed by atoms with Crippen molar-refractivity contribution in [3.05, 3.63) is 57.5 Å². The molecule has 0 aliphatic carbocycles. The number of carboxylic acid groups (broad SMARTS) is 1. The Morgan fingerprint density at radius 2 is 2.03 bits per heavy atom. The van der Waals surface area contributed by atoms with Crippen molar-refractivity contribution in [2.75, 3.05) is 13.2 Å². The van der Waals surface area contributed by atoms with E-state index >= 15 is 0 Å². The molecule has 1 fully saturated rings. The third kappa shape index (κ3) is 4.15. The molecule has 0 saturated carbocycles. The van der Waals surface area contributed by atoms with Gasteiger partial charge in [-0.25, -0.2) is 14.2 Å². The van der Waals surface area contributed by atoms with Gasteiger partial charge in [-0.15, -0.1) is 0 Å². The van der Waals surface area contributed by atoms with E-state index in [1.54, 1.807) is 0 Å². The molecular formula is C22H25FN4O6. The second-order valence-electron chi connectivity index (χ2n) is 8.42. The standard InChI is InChI=1S/C22H25FN4O6/c1-2-14-15-7-8-22(11-33-15,10-25-21(31)32)20-26-16(17(28)19(30)27(14)20)18(29)24-9-12-3-5-13(23)6-4-12/h3-6,14-15,25,28H,2,7-11H2,1H3,(H,24,29)(H,31,32). The van der Waals surface area contributed by atoms with E-state index in [1.807, 2.05) is 6.92 Å². The molecule has 176 valence electrons. The van der Waals surface area contributed by atoms with Crippen LogP contribution in [0, 0.1) is 5.82 Å². The van der Waals surface area contributed by atoms with Gasteiger partial charge < -0.3 is 25.6 Å². The number of amides is 2. The van der Waals surface area contributed by atoms with Crippen molar-refractivity contribution in [2.24, 2.45) is 0 Å². The summed E-state index contributed by atoms with van der Waals surface area (Å²) in [7, 11) is 0. The van der Waals surface area contributed by atoms with Gasteiger partial charge in [0.15, 0.2) is 5.69 Å². The average Bonchev–Trinajstić information content (AvgIpc) is 3.02. The first-order chi connectivity index (χ1) is 15.8. The van der Waals surface area contributed by atoms with E-state index in [0.29, 0.717) is 24.8 Å². The lowest BCUT2D eigenvalue weighted by molar-refractivity contribution is -0.0399. The molecule has 1 saturated heterocycles. The van der Waals surface area contributed by atoms with Gasteiger partial charge in [-0.3, -0.25) is 14.2 Å². The lowest BCUT2D eigenvalue weighted by Gasteiger charge is -2.36. The van der Waals surface area contributed by atoms with E-state index in [4.69, 9.17) is 9.84 Å². The smallest absolute Gasteiger partial charge is 0.404 e. The van der Waals surface area contributed by atoms with Gasteiger partial charge in [0.05, 0.1) is 24.2 Å². The van der Waals surface area contributed by atoms with Crippen LogP contribution in [-0.4, -0.2) is 51.0 Å². The Balaban J connectivity index is 1.74. The second-order valence-corrected chi connectivity index (χ2v) is 8.42. The minimum absolute atomic E-state index is 0.0349. The third-order valence-corrected chi connectivity index (χ3v) is 6.39. The van der Waals surface area contributed by atoms with Crippen molar-refractivity contribution in [3.63, 3.8) is 0 Å². The van der Waals surface area contributed by atoms with Crippen LogP contribution in [0.25, 0.3) is 0 Å². The normalized spacial score (nSPS) is 23.5. The fourth-order valence-electron chi connectivity index (χ4n) is 4.63. The molecule has 0 radical (unpaired) electrons. The number of ether oxygens (including phenoxy) is 1. The van der Waals surface area contributed by atoms with Crippen LogP contribution in [-0.2, 0) is 16.7 Å². The molecule has 11 heteroatoms. The van der Waals surface area contributed by atoms with Crippen LogP contribution >= 0.6 is 0 Å². The SMILES string of the molecule is CCC1C2CCC(CNC(=O)O)(CO2)c2nc(C(=O)NCc3ccc(F)cc3)c(O)c(=O)n21. The summed E-state index contributed by atoms with van der Waals surface area (Å²) < 4.78 is 20.5. The Bertz CT molecular complexity index is 1120. The van der Waals surface area contributed by atoms with Gasteiger partial charge in [0.1, 0.15) is 11.6 Å². The largest absolute Gasteiger partial charge is 0.501 e. The maximum atomic E-state index is 13.2. The fraction of sp³-hybridized carbons (Fsp3) is 0.455. The van der Waals surface area contributed by atoms with E-state index in [1.165, 1.54) is 28.8 Å². The van der Waals surface area contributed by atoms with Crippen molar-refractivity contribution < 1.29 is 28.9 Å². The van der Waals surface area contributed by atoms with Crippen molar-refractivity contribution in [1.29, 1.82) is 0 Å². The Labute approximate surface area is 188 Å². The molecular weight excluding hydrogens is 435 g/mol. The molecule has 10 nitrogen and oxygen atoms in total. The first-order valence-corrected chi connectivity index (χ1v) is 10.7. The molecule has 33 heavy (non-hydrogen) atoms. The van der Waals surface area contributed by atoms with E-state index in [9.17, 15) is 23.9 Å². The molecule has 3 aliphatic heterocycles. The highest BCUT2D eigenvalue weighted by Gasteiger charge is 2.49. The van der Waals surface area contributed by atoms with Crippen LogP contribution in [0.15, 0.2) is 29.1 Å². The van der Waals surface area contributed by atoms with Gasteiger partial charge in [-0.2, -0.15) is 0 Å². The Kier molecular flexibility index (Phi) is 6.07. The van der Waals surface area contributed by atoms with Crippen molar-refractivity contribution in [3.8, 4) is 5.75 Å². The van der Waals surface area contributed by atoms with Gasteiger partial charge in [0.25, 0.3) is 11.5 Å². The summed E-state index contributed by atoms with van der Waals surface area (Å²) in [5.74, 6) is -1.74. The predicted octanol–water partition coefficient (Wildman–Crippen LogP) is 1.67. The molecule has 3 aliphatic rings. The maximum absolute atomic E-state index is 13.2. The number of nitrogens with zero attached hydrogens (tertiary/aromatic N) is 2. The number of hydrogen-bond acceptors (Lipinski definition) is 6. The van der Waals surface area contributed by atoms with Crippen LogP contribution in [0.5, 0.6) is 5.75 Å². The fourth-order valence-corrected chi connectivity index (χ4v) is 4.63. The molecule has 2 bridgehead atoms. The third-order valence-electron chi connectivity index (χ3n) is 6.39. The Morgan fingerprint density at radius 3 is 2.64 bits per heavy atom. The van der Waals surface area contributed by atoms with Crippen LogP contribution in [0.3, 0.4) is 0 Å². The van der Waals surface area contributed by atoms with Gasteiger partial charge in [0, 0.05) is 13.1 Å². The number of hydrogen-bond donors (Lipinski definition) is 4. The number of aromatic nitrogens is 2. The average molecular weight is 460 g/mol. The summed E-state index contributed by atoms with van der Waals surface area (Å²) in [6.07, 6.45) is 0.0913. The van der Waals surface area contributed by atoms with Gasteiger partial charge >= 0.3 is 6.09 Å². The molecule has 2 aromatic rings. The summed E-state index contributed by atoms with van der Waals surface area (Å²) in [4.78, 5) is 41.7. The summed E-state index contributed by atoms with van der Waals surface area (Å²) in [6.45, 7) is 1.99. The highest BCUT2D eigenvalue weighted by molar-refractivity contribution is 5.94. The van der Waals surface area contributed by atoms with E-state index in [2.05, 4.69) is 15.6 Å². The zero-order valence-electron chi connectivity index (χ0n) is 18.0. The quantitative estimate of drug-likeness (QED) is 0.513. The molecule has 0 spiro atoms. The predicted molar refractivity (Wildman–Crippen MR) is 114 cm³/mol. The number of carbonyl (C=O) groups excluding carboxylic acids is 1. The topological polar surface area (TPSA) is 143 Å². The number of halogens is 1. The number of fused-ring (bicyclic) bond motifs is 2. The summed E-state index contributed by atoms with van der Waals surface area (Å²) in [5.41, 5.74) is -1.55. The molecule has 4 heterocycles. The minimum atomic E-state index is -1.23. The number of carbonyl (C=O) groups is 2. The molecule has 5 rings (SSSR count). The number of rotatable bonds is 6. The van der Waals surface area contributed by atoms with Gasteiger partial charge in [-0.1, -0.05) is 19.1 Å². The Hall–Kier alpha value is -3.47. The minimum Gasteiger partial charge on any atom is -0.501 e. The molecule has 2 amide bonds. The van der Waals surface area contributed by atoms with Crippen molar-refractivity contribution >= 4 is 12.0 Å². The highest BCUT2D eigenvalue weighted by Crippen LogP contribution is 2.42. The Morgan fingerprint density at radius 1 is 1.30 bits per heavy atom. The highest BCUT2D eigenvalue weighted by atomic mass is 19.1. The maximum Gasteiger partial charge on any atom is 0.404 e. The van der Waals surface area contributed by atoms with Gasteiger partial charge in [0.2, 0.25) is 5.75 Å². The van der Waals surface area contributed by atoms with E-state index in [-0.39, 0.29) is 31.6 Å². The van der Waals surface area contributed by atoms with Crippen LogP contribution in [0.4, 0.5) is 9.18 Å². The monoisotopic (exact) mass is 460 g/mol.